The second-order valence-electron chi connectivity index (χ2n) is 4.07. The fourth-order valence-corrected chi connectivity index (χ4v) is 2.40. The van der Waals surface area contributed by atoms with Crippen molar-refractivity contribution in [3.05, 3.63) is 47.9 Å². The maximum Gasteiger partial charge on any atom is 0.236 e. The van der Waals surface area contributed by atoms with Crippen molar-refractivity contribution < 1.29 is 4.42 Å². The highest BCUT2D eigenvalue weighted by Crippen LogP contribution is 2.23. The van der Waals surface area contributed by atoms with E-state index in [1.165, 1.54) is 0 Å². The number of hydrogen-bond acceptors (Lipinski definition) is 5. The van der Waals surface area contributed by atoms with Crippen molar-refractivity contribution in [1.82, 2.24) is 20.1 Å². The molecule has 0 unspecified atom stereocenters. The summed E-state index contributed by atoms with van der Waals surface area (Å²) in [7, 11) is 0. The van der Waals surface area contributed by atoms with Crippen molar-refractivity contribution >= 4 is 11.3 Å². The first kappa shape index (κ1) is 12.1. The molecule has 0 bridgehead atoms. The zero-order chi connectivity index (χ0) is 12.9. The van der Waals surface area contributed by atoms with Crippen molar-refractivity contribution in [3.8, 4) is 10.8 Å². The molecule has 98 valence electrons. The average molecular weight is 274 g/mol. The van der Waals surface area contributed by atoms with E-state index in [9.17, 15) is 0 Å². The second kappa shape index (κ2) is 5.81. The summed E-state index contributed by atoms with van der Waals surface area (Å²) in [4.78, 5) is 5.50. The number of nitrogens with zero attached hydrogens (tertiary/aromatic N) is 3. The lowest BCUT2D eigenvalue weighted by Crippen LogP contribution is -2.19. The maximum absolute atomic E-state index is 5.45. The molecule has 6 heteroatoms. The standard InChI is InChI=1S/C13H14N4OS/c1-3-12(19-8-1)13-16-11(10-18-13)9-14-5-7-17-6-2-4-15-17/h1-4,6,8,10,14H,5,7,9H2. The highest BCUT2D eigenvalue weighted by atomic mass is 32.1. The summed E-state index contributed by atoms with van der Waals surface area (Å²) in [6, 6.07) is 5.92. The molecule has 0 aromatic carbocycles. The van der Waals surface area contributed by atoms with Gasteiger partial charge in [0, 0.05) is 25.5 Å². The Labute approximate surface area is 114 Å². The van der Waals surface area contributed by atoms with E-state index >= 15 is 0 Å². The van der Waals surface area contributed by atoms with Gasteiger partial charge in [-0.25, -0.2) is 4.98 Å². The third kappa shape index (κ3) is 3.10. The van der Waals surface area contributed by atoms with Crippen LogP contribution in [0, 0.1) is 0 Å². The smallest absolute Gasteiger partial charge is 0.236 e. The Hall–Kier alpha value is -1.92. The molecular formula is C13H14N4OS. The molecule has 0 saturated heterocycles. The minimum Gasteiger partial charge on any atom is -0.444 e. The van der Waals surface area contributed by atoms with Gasteiger partial charge in [-0.2, -0.15) is 5.10 Å². The van der Waals surface area contributed by atoms with Crippen molar-refractivity contribution in [2.45, 2.75) is 13.1 Å². The van der Waals surface area contributed by atoms with Crippen molar-refractivity contribution in [3.63, 3.8) is 0 Å². The zero-order valence-electron chi connectivity index (χ0n) is 10.3. The van der Waals surface area contributed by atoms with Gasteiger partial charge in [0.05, 0.1) is 17.1 Å². The number of nitrogens with one attached hydrogen (secondary N) is 1. The lowest BCUT2D eigenvalue weighted by atomic mass is 10.4. The Kier molecular flexibility index (Phi) is 3.71. The molecule has 0 fully saturated rings. The van der Waals surface area contributed by atoms with Crippen LogP contribution in [0.3, 0.4) is 0 Å². The average Bonchev–Trinajstić information content (AvgIpc) is 3.15. The van der Waals surface area contributed by atoms with E-state index in [4.69, 9.17) is 4.42 Å². The molecule has 5 nitrogen and oxygen atoms in total. The van der Waals surface area contributed by atoms with Crippen LogP contribution in [0.5, 0.6) is 0 Å². The Morgan fingerprint density at radius 1 is 1.37 bits per heavy atom. The molecule has 3 aromatic rings. The van der Waals surface area contributed by atoms with E-state index < -0.39 is 0 Å². The SMILES string of the molecule is c1csc(-c2nc(CNCCn3cccn3)co2)c1. The third-order valence-corrected chi connectivity index (χ3v) is 3.52. The lowest BCUT2D eigenvalue weighted by molar-refractivity contribution is 0.546. The molecule has 0 radical (unpaired) electrons. The van der Waals surface area contributed by atoms with Gasteiger partial charge in [0.2, 0.25) is 5.89 Å². The van der Waals surface area contributed by atoms with E-state index in [-0.39, 0.29) is 0 Å². The van der Waals surface area contributed by atoms with Crippen LogP contribution in [0.2, 0.25) is 0 Å². The van der Waals surface area contributed by atoms with Gasteiger partial charge in [-0.3, -0.25) is 4.68 Å². The van der Waals surface area contributed by atoms with Crippen LogP contribution >= 0.6 is 11.3 Å². The predicted octanol–water partition coefficient (Wildman–Crippen LogP) is 2.39. The first-order valence-electron chi connectivity index (χ1n) is 6.08. The number of aromatic nitrogens is 3. The van der Waals surface area contributed by atoms with Gasteiger partial charge in [-0.15, -0.1) is 11.3 Å². The van der Waals surface area contributed by atoms with Crippen LogP contribution in [0.25, 0.3) is 10.8 Å². The fourth-order valence-electron chi connectivity index (χ4n) is 1.74. The van der Waals surface area contributed by atoms with E-state index in [2.05, 4.69) is 15.4 Å². The van der Waals surface area contributed by atoms with Crippen LogP contribution in [-0.4, -0.2) is 21.3 Å². The number of rotatable bonds is 6. The second-order valence-corrected chi connectivity index (χ2v) is 5.01. The minimum atomic E-state index is 0.693. The lowest BCUT2D eigenvalue weighted by Gasteiger charge is -2.02. The molecule has 19 heavy (non-hydrogen) atoms. The van der Waals surface area contributed by atoms with Gasteiger partial charge in [-0.1, -0.05) is 6.07 Å². The summed E-state index contributed by atoms with van der Waals surface area (Å²) in [5, 5.41) is 9.48. The number of thiophene rings is 1. The van der Waals surface area contributed by atoms with Crippen LogP contribution in [-0.2, 0) is 13.1 Å². The van der Waals surface area contributed by atoms with Gasteiger partial charge in [-0.05, 0) is 17.5 Å². The summed E-state index contributed by atoms with van der Waals surface area (Å²) >= 11 is 1.63. The number of hydrogen-bond donors (Lipinski definition) is 1. The molecule has 0 aliphatic rings. The van der Waals surface area contributed by atoms with E-state index in [1.807, 2.05) is 34.5 Å². The maximum atomic E-state index is 5.45. The summed E-state index contributed by atoms with van der Waals surface area (Å²) in [5.74, 6) is 0.693. The highest BCUT2D eigenvalue weighted by Gasteiger charge is 2.06. The minimum absolute atomic E-state index is 0.693. The third-order valence-electron chi connectivity index (χ3n) is 2.67. The van der Waals surface area contributed by atoms with Crippen LogP contribution in [0.4, 0.5) is 0 Å². The van der Waals surface area contributed by atoms with E-state index in [0.717, 1.165) is 23.7 Å². The van der Waals surface area contributed by atoms with Crippen LogP contribution < -0.4 is 5.32 Å². The summed E-state index contributed by atoms with van der Waals surface area (Å²) < 4.78 is 7.35. The topological polar surface area (TPSA) is 55.9 Å². The van der Waals surface area contributed by atoms with Crippen molar-refractivity contribution in [2.24, 2.45) is 0 Å². The molecule has 3 rings (SSSR count). The van der Waals surface area contributed by atoms with E-state index in [0.29, 0.717) is 12.4 Å². The Balaban J connectivity index is 1.48. The quantitative estimate of drug-likeness (QED) is 0.701. The van der Waals surface area contributed by atoms with Gasteiger partial charge in [0.25, 0.3) is 0 Å². The Bertz CT molecular complexity index is 600. The van der Waals surface area contributed by atoms with Gasteiger partial charge in [0.1, 0.15) is 6.26 Å². The van der Waals surface area contributed by atoms with E-state index in [1.54, 1.807) is 23.8 Å². The zero-order valence-corrected chi connectivity index (χ0v) is 11.1. The summed E-state index contributed by atoms with van der Waals surface area (Å²) in [6.07, 6.45) is 5.44. The molecule has 0 spiro atoms. The normalized spacial score (nSPS) is 10.9. The van der Waals surface area contributed by atoms with Crippen molar-refractivity contribution in [2.75, 3.05) is 6.54 Å². The molecule has 0 atom stereocenters. The summed E-state index contributed by atoms with van der Waals surface area (Å²) in [6.45, 7) is 2.40. The molecule has 0 saturated carbocycles. The predicted molar refractivity (Wildman–Crippen MR) is 73.7 cm³/mol. The fraction of sp³-hybridized carbons (Fsp3) is 0.231. The molecule has 0 amide bonds. The summed E-state index contributed by atoms with van der Waals surface area (Å²) in [5.41, 5.74) is 0.920. The van der Waals surface area contributed by atoms with Gasteiger partial charge < -0.3 is 9.73 Å². The monoisotopic (exact) mass is 274 g/mol. The highest BCUT2D eigenvalue weighted by molar-refractivity contribution is 7.13. The van der Waals surface area contributed by atoms with Crippen LogP contribution in [0.1, 0.15) is 5.69 Å². The molecule has 3 aromatic heterocycles. The molecule has 0 aliphatic carbocycles. The molecule has 1 N–H and O–H groups in total. The molecule has 3 heterocycles. The van der Waals surface area contributed by atoms with Crippen molar-refractivity contribution in [1.29, 1.82) is 0 Å². The van der Waals surface area contributed by atoms with Gasteiger partial charge >= 0.3 is 0 Å². The Morgan fingerprint density at radius 2 is 2.37 bits per heavy atom. The molecule has 0 aliphatic heterocycles. The number of oxazole rings is 1. The van der Waals surface area contributed by atoms with Crippen LogP contribution in [0.15, 0.2) is 46.7 Å². The first-order chi connectivity index (χ1) is 9.42. The van der Waals surface area contributed by atoms with Gasteiger partial charge in [0.15, 0.2) is 0 Å². The Morgan fingerprint density at radius 3 is 3.16 bits per heavy atom. The molecular weight excluding hydrogens is 260 g/mol. The largest absolute Gasteiger partial charge is 0.444 e. The first-order valence-corrected chi connectivity index (χ1v) is 6.96.